The maximum atomic E-state index is 13.5. The maximum Gasteiger partial charge on any atom is 0.252 e. The minimum absolute atomic E-state index is 0.269. The fraction of sp³-hybridized carbons (Fsp3) is 0.333. The second-order valence-electron chi connectivity index (χ2n) is 5.96. The molecule has 2 heterocycles. The smallest absolute Gasteiger partial charge is 0.252 e. The van der Waals surface area contributed by atoms with Crippen LogP contribution in [-0.4, -0.2) is 49.1 Å². The van der Waals surface area contributed by atoms with Gasteiger partial charge in [0.15, 0.2) is 0 Å². The van der Waals surface area contributed by atoms with Crippen LogP contribution in [0, 0.1) is 5.82 Å². The number of ether oxygens (including phenoxy) is 1. The number of halogens is 1. The molecule has 132 valence electrons. The van der Waals surface area contributed by atoms with Crippen molar-refractivity contribution in [1.82, 2.24) is 9.88 Å². The van der Waals surface area contributed by atoms with Gasteiger partial charge in [-0.15, -0.1) is 0 Å². The van der Waals surface area contributed by atoms with Crippen LogP contribution < -0.4 is 15.4 Å². The van der Waals surface area contributed by atoms with Gasteiger partial charge in [0.25, 0.3) is 5.91 Å². The summed E-state index contributed by atoms with van der Waals surface area (Å²) in [6, 6.07) is 7.94. The highest BCUT2D eigenvalue weighted by Gasteiger charge is 2.22. The Bertz CT molecular complexity index is 760. The number of methoxy groups -OCH3 is 1. The number of carbonyl (C=O) groups is 1. The maximum absolute atomic E-state index is 13.5. The molecule has 1 saturated heterocycles. The molecule has 25 heavy (non-hydrogen) atoms. The van der Waals surface area contributed by atoms with Crippen molar-refractivity contribution in [1.29, 1.82) is 0 Å². The van der Waals surface area contributed by atoms with E-state index in [9.17, 15) is 9.18 Å². The third-order valence-corrected chi connectivity index (χ3v) is 4.36. The zero-order chi connectivity index (χ0) is 17.8. The SMILES string of the molecule is COc1ccc(F)cc1CN1CCN(c2ncccc2C(N)=O)CC1. The zero-order valence-corrected chi connectivity index (χ0v) is 14.1. The monoisotopic (exact) mass is 344 g/mol. The minimum atomic E-state index is -0.477. The zero-order valence-electron chi connectivity index (χ0n) is 14.1. The minimum Gasteiger partial charge on any atom is -0.496 e. The molecular weight excluding hydrogens is 323 g/mol. The summed E-state index contributed by atoms with van der Waals surface area (Å²) in [6.07, 6.45) is 1.66. The number of carbonyl (C=O) groups excluding carboxylic acids is 1. The number of aromatic nitrogens is 1. The topological polar surface area (TPSA) is 71.7 Å². The lowest BCUT2D eigenvalue weighted by Gasteiger charge is -2.36. The molecule has 3 rings (SSSR count). The summed E-state index contributed by atoms with van der Waals surface area (Å²) >= 11 is 0. The number of hydrogen-bond donors (Lipinski definition) is 1. The Kier molecular flexibility index (Phi) is 5.14. The van der Waals surface area contributed by atoms with E-state index in [1.54, 1.807) is 31.5 Å². The summed E-state index contributed by atoms with van der Waals surface area (Å²) in [5.41, 5.74) is 6.69. The van der Waals surface area contributed by atoms with Crippen LogP contribution in [-0.2, 0) is 6.54 Å². The lowest BCUT2D eigenvalue weighted by molar-refractivity contribution is 0.1000. The Morgan fingerprint density at radius 2 is 2.04 bits per heavy atom. The van der Waals surface area contributed by atoms with Gasteiger partial charge in [-0.1, -0.05) is 0 Å². The lowest BCUT2D eigenvalue weighted by Crippen LogP contribution is -2.46. The molecule has 0 radical (unpaired) electrons. The quantitative estimate of drug-likeness (QED) is 0.893. The first-order valence-corrected chi connectivity index (χ1v) is 8.13. The summed E-state index contributed by atoms with van der Waals surface area (Å²) in [7, 11) is 1.58. The summed E-state index contributed by atoms with van der Waals surface area (Å²) in [5, 5.41) is 0. The number of benzene rings is 1. The second kappa shape index (κ2) is 7.48. The van der Waals surface area contributed by atoms with Gasteiger partial charge in [0, 0.05) is 44.5 Å². The van der Waals surface area contributed by atoms with E-state index < -0.39 is 5.91 Å². The Hall–Kier alpha value is -2.67. The number of nitrogens with two attached hydrogens (primary N) is 1. The lowest BCUT2D eigenvalue weighted by atomic mass is 10.1. The number of primary amides is 1. The van der Waals surface area contributed by atoms with E-state index in [2.05, 4.69) is 14.8 Å². The predicted octanol–water partition coefficient (Wildman–Crippen LogP) is 1.65. The fourth-order valence-electron chi connectivity index (χ4n) is 3.07. The van der Waals surface area contributed by atoms with Crippen molar-refractivity contribution in [2.24, 2.45) is 5.73 Å². The van der Waals surface area contributed by atoms with E-state index in [-0.39, 0.29) is 5.82 Å². The van der Waals surface area contributed by atoms with Crippen molar-refractivity contribution in [2.75, 3.05) is 38.2 Å². The van der Waals surface area contributed by atoms with Crippen molar-refractivity contribution in [3.63, 3.8) is 0 Å². The van der Waals surface area contributed by atoms with E-state index in [1.807, 2.05) is 0 Å². The van der Waals surface area contributed by atoms with E-state index in [1.165, 1.54) is 12.1 Å². The normalized spacial score (nSPS) is 15.2. The van der Waals surface area contributed by atoms with Gasteiger partial charge in [0.1, 0.15) is 17.4 Å². The molecule has 0 spiro atoms. The van der Waals surface area contributed by atoms with E-state index in [4.69, 9.17) is 10.5 Å². The summed E-state index contributed by atoms with van der Waals surface area (Å²) < 4.78 is 18.8. The van der Waals surface area contributed by atoms with E-state index in [0.29, 0.717) is 23.7 Å². The molecule has 1 fully saturated rings. The number of anilines is 1. The Morgan fingerprint density at radius 1 is 1.28 bits per heavy atom. The third-order valence-electron chi connectivity index (χ3n) is 4.36. The number of amides is 1. The number of nitrogens with zero attached hydrogens (tertiary/aromatic N) is 3. The standard InChI is InChI=1S/C18H21FN4O2/c1-25-16-5-4-14(19)11-13(16)12-22-7-9-23(10-8-22)18-15(17(20)24)3-2-6-21-18/h2-6,11H,7-10,12H2,1H3,(H2,20,24). The van der Waals surface area contributed by atoms with Gasteiger partial charge in [0.05, 0.1) is 12.7 Å². The molecule has 0 saturated carbocycles. The van der Waals surface area contributed by atoms with Crippen molar-refractivity contribution >= 4 is 11.7 Å². The van der Waals surface area contributed by atoms with Crippen LogP contribution in [0.25, 0.3) is 0 Å². The van der Waals surface area contributed by atoms with Gasteiger partial charge < -0.3 is 15.4 Å². The van der Waals surface area contributed by atoms with Crippen LogP contribution in [0.3, 0.4) is 0 Å². The molecule has 1 aromatic heterocycles. The van der Waals surface area contributed by atoms with Gasteiger partial charge in [-0.3, -0.25) is 9.69 Å². The third kappa shape index (κ3) is 3.88. The fourth-order valence-corrected chi connectivity index (χ4v) is 3.07. The molecule has 1 amide bonds. The van der Waals surface area contributed by atoms with Gasteiger partial charge >= 0.3 is 0 Å². The Labute approximate surface area is 146 Å². The summed E-state index contributed by atoms with van der Waals surface area (Å²) in [5.74, 6) is 0.562. The molecule has 0 atom stereocenters. The van der Waals surface area contributed by atoms with Crippen LogP contribution in [0.1, 0.15) is 15.9 Å². The molecule has 0 unspecified atom stereocenters. The van der Waals surface area contributed by atoms with Crippen LogP contribution in [0.15, 0.2) is 36.5 Å². The molecule has 1 aliphatic rings. The van der Waals surface area contributed by atoms with E-state index in [0.717, 1.165) is 31.7 Å². The van der Waals surface area contributed by atoms with Crippen molar-refractivity contribution < 1.29 is 13.9 Å². The Balaban J connectivity index is 1.67. The van der Waals surface area contributed by atoms with Gasteiger partial charge in [-0.25, -0.2) is 9.37 Å². The molecule has 2 N–H and O–H groups in total. The predicted molar refractivity (Wildman–Crippen MR) is 93.2 cm³/mol. The first-order chi connectivity index (χ1) is 12.1. The van der Waals surface area contributed by atoms with Crippen LogP contribution in [0.4, 0.5) is 10.2 Å². The average molecular weight is 344 g/mol. The molecule has 1 aromatic carbocycles. The van der Waals surface area contributed by atoms with Gasteiger partial charge in [-0.05, 0) is 30.3 Å². The average Bonchev–Trinajstić information content (AvgIpc) is 2.62. The highest BCUT2D eigenvalue weighted by Crippen LogP contribution is 2.23. The number of hydrogen-bond acceptors (Lipinski definition) is 5. The molecule has 0 bridgehead atoms. The molecule has 1 aliphatic heterocycles. The molecule has 2 aromatic rings. The molecule has 6 nitrogen and oxygen atoms in total. The van der Waals surface area contributed by atoms with Gasteiger partial charge in [-0.2, -0.15) is 0 Å². The first kappa shape index (κ1) is 17.2. The summed E-state index contributed by atoms with van der Waals surface area (Å²) in [6.45, 7) is 3.59. The van der Waals surface area contributed by atoms with Crippen molar-refractivity contribution in [3.05, 3.63) is 53.5 Å². The van der Waals surface area contributed by atoms with Crippen LogP contribution in [0.5, 0.6) is 5.75 Å². The number of pyridine rings is 1. The van der Waals surface area contributed by atoms with Gasteiger partial charge in [0.2, 0.25) is 0 Å². The second-order valence-corrected chi connectivity index (χ2v) is 5.96. The van der Waals surface area contributed by atoms with Crippen molar-refractivity contribution in [3.8, 4) is 5.75 Å². The first-order valence-electron chi connectivity index (χ1n) is 8.13. The van der Waals surface area contributed by atoms with Crippen LogP contribution >= 0.6 is 0 Å². The molecular formula is C18H21FN4O2. The Morgan fingerprint density at radius 3 is 2.72 bits per heavy atom. The number of piperazine rings is 1. The number of rotatable bonds is 5. The van der Waals surface area contributed by atoms with Crippen LogP contribution in [0.2, 0.25) is 0 Å². The molecule has 0 aliphatic carbocycles. The summed E-state index contributed by atoms with van der Waals surface area (Å²) in [4.78, 5) is 20.2. The highest BCUT2D eigenvalue weighted by atomic mass is 19.1. The largest absolute Gasteiger partial charge is 0.496 e. The molecule has 7 heteroatoms. The van der Waals surface area contributed by atoms with Crippen molar-refractivity contribution in [2.45, 2.75) is 6.54 Å². The highest BCUT2D eigenvalue weighted by molar-refractivity contribution is 5.97. The van der Waals surface area contributed by atoms with E-state index >= 15 is 0 Å².